The number of nitrogens with zero attached hydrogens (tertiary/aromatic N) is 2. The lowest BCUT2D eigenvalue weighted by atomic mass is 9.92. The molecule has 3 aromatic heterocycles. The molecule has 0 aliphatic carbocycles. The van der Waals surface area contributed by atoms with Crippen molar-refractivity contribution in [3.8, 4) is 11.3 Å². The first-order valence-electron chi connectivity index (χ1n) is 8.55. The molecule has 0 unspecified atom stereocenters. The van der Waals surface area contributed by atoms with Gasteiger partial charge < -0.3 is 0 Å². The predicted octanol–water partition coefficient (Wildman–Crippen LogP) is 6.78. The van der Waals surface area contributed by atoms with Crippen LogP contribution in [0, 0.1) is 19.3 Å². The SMILES string of the molecule is Cc1cc(C)cc(-c2ncnc3c2sc2cc(CC(C)(C)C)sc23)c1. The summed E-state index contributed by atoms with van der Waals surface area (Å²) in [6, 6.07) is 8.98. The van der Waals surface area contributed by atoms with Crippen LogP contribution in [0.25, 0.3) is 30.9 Å². The fraction of sp³-hybridized carbons (Fsp3) is 0.333. The fourth-order valence-corrected chi connectivity index (χ4v) is 6.21. The average Bonchev–Trinajstić information content (AvgIpc) is 3.01. The molecule has 0 aliphatic rings. The Morgan fingerprint density at radius 3 is 2.28 bits per heavy atom. The number of aromatic nitrogens is 2. The summed E-state index contributed by atoms with van der Waals surface area (Å²) in [5.74, 6) is 0. The maximum absolute atomic E-state index is 4.62. The van der Waals surface area contributed by atoms with Crippen LogP contribution in [0.2, 0.25) is 0 Å². The molecule has 0 radical (unpaired) electrons. The Hall–Kier alpha value is -1.78. The van der Waals surface area contributed by atoms with Gasteiger partial charge in [0.15, 0.2) is 0 Å². The summed E-state index contributed by atoms with van der Waals surface area (Å²) in [5.41, 5.74) is 6.20. The van der Waals surface area contributed by atoms with E-state index >= 15 is 0 Å². The van der Waals surface area contributed by atoms with Crippen molar-refractivity contribution in [2.24, 2.45) is 5.41 Å². The van der Waals surface area contributed by atoms with E-state index in [0.29, 0.717) is 5.41 Å². The van der Waals surface area contributed by atoms with Crippen LogP contribution in [0.5, 0.6) is 0 Å². The lowest BCUT2D eigenvalue weighted by molar-refractivity contribution is 0.415. The zero-order chi connectivity index (χ0) is 17.8. The Morgan fingerprint density at radius 1 is 0.880 bits per heavy atom. The maximum atomic E-state index is 4.62. The second-order valence-electron chi connectivity index (χ2n) is 8.02. The Kier molecular flexibility index (Phi) is 3.93. The van der Waals surface area contributed by atoms with E-state index in [4.69, 9.17) is 0 Å². The number of hydrogen-bond acceptors (Lipinski definition) is 4. The zero-order valence-electron chi connectivity index (χ0n) is 15.3. The lowest BCUT2D eigenvalue weighted by Gasteiger charge is -2.16. The van der Waals surface area contributed by atoms with Crippen LogP contribution in [0.3, 0.4) is 0 Å². The Labute approximate surface area is 156 Å². The molecule has 4 aromatic rings. The number of hydrogen-bond donors (Lipinski definition) is 0. The fourth-order valence-electron chi connectivity index (χ4n) is 3.33. The van der Waals surface area contributed by atoms with Crippen LogP contribution in [0.1, 0.15) is 36.8 Å². The smallest absolute Gasteiger partial charge is 0.116 e. The van der Waals surface area contributed by atoms with E-state index in [2.05, 4.69) is 68.9 Å². The van der Waals surface area contributed by atoms with Crippen molar-refractivity contribution < 1.29 is 0 Å². The first-order chi connectivity index (χ1) is 11.8. The summed E-state index contributed by atoms with van der Waals surface area (Å²) in [6.45, 7) is 11.2. The second kappa shape index (κ2) is 5.89. The quantitative estimate of drug-likeness (QED) is 0.391. The molecule has 0 amide bonds. The molecule has 2 nitrogen and oxygen atoms in total. The molecule has 0 saturated heterocycles. The predicted molar refractivity (Wildman–Crippen MR) is 111 cm³/mol. The second-order valence-corrected chi connectivity index (χ2v) is 10.2. The van der Waals surface area contributed by atoms with Crippen molar-refractivity contribution in [3.63, 3.8) is 0 Å². The number of fused-ring (bicyclic) bond motifs is 3. The third-order valence-corrected chi connectivity index (χ3v) is 6.58. The molecule has 4 heteroatoms. The van der Waals surface area contributed by atoms with Crippen LogP contribution < -0.4 is 0 Å². The zero-order valence-corrected chi connectivity index (χ0v) is 16.9. The van der Waals surface area contributed by atoms with Crippen LogP contribution in [-0.4, -0.2) is 9.97 Å². The number of benzene rings is 1. The van der Waals surface area contributed by atoms with Gasteiger partial charge in [-0.1, -0.05) is 38.0 Å². The highest BCUT2D eigenvalue weighted by Gasteiger charge is 2.18. The molecular weight excluding hydrogens is 344 g/mol. The van der Waals surface area contributed by atoms with E-state index < -0.39 is 0 Å². The summed E-state index contributed by atoms with van der Waals surface area (Å²) in [5, 5.41) is 0. The molecule has 0 saturated carbocycles. The minimum absolute atomic E-state index is 0.308. The van der Waals surface area contributed by atoms with Crippen LogP contribution in [0.4, 0.5) is 0 Å². The number of aryl methyl sites for hydroxylation is 2. The topological polar surface area (TPSA) is 25.8 Å². The molecule has 1 aromatic carbocycles. The largest absolute Gasteiger partial charge is 0.235 e. The van der Waals surface area contributed by atoms with Crippen LogP contribution >= 0.6 is 22.7 Å². The molecule has 128 valence electrons. The van der Waals surface area contributed by atoms with Crippen molar-refractivity contribution in [1.82, 2.24) is 9.97 Å². The lowest BCUT2D eigenvalue weighted by Crippen LogP contribution is -2.07. The third-order valence-electron chi connectivity index (χ3n) is 4.18. The summed E-state index contributed by atoms with van der Waals surface area (Å²) >= 11 is 3.72. The van der Waals surface area contributed by atoms with Gasteiger partial charge in [0.25, 0.3) is 0 Å². The van der Waals surface area contributed by atoms with Gasteiger partial charge in [-0.05, 0) is 43.9 Å². The van der Waals surface area contributed by atoms with Gasteiger partial charge in [0, 0.05) is 15.1 Å². The number of rotatable bonds is 2. The molecule has 0 aliphatic heterocycles. The normalized spacial score (nSPS) is 12.4. The van der Waals surface area contributed by atoms with E-state index in [1.807, 2.05) is 22.7 Å². The highest BCUT2D eigenvalue weighted by molar-refractivity contribution is 7.32. The van der Waals surface area contributed by atoms with Crippen LogP contribution in [-0.2, 0) is 6.42 Å². The van der Waals surface area contributed by atoms with Gasteiger partial charge in [0.1, 0.15) is 11.8 Å². The Balaban J connectivity index is 1.89. The van der Waals surface area contributed by atoms with Crippen molar-refractivity contribution in [2.45, 2.75) is 41.0 Å². The van der Waals surface area contributed by atoms with E-state index in [9.17, 15) is 0 Å². The van der Waals surface area contributed by atoms with Gasteiger partial charge in [-0.2, -0.15) is 0 Å². The highest BCUT2D eigenvalue weighted by atomic mass is 32.1. The maximum Gasteiger partial charge on any atom is 0.116 e. The summed E-state index contributed by atoms with van der Waals surface area (Å²) in [7, 11) is 0. The average molecular weight is 367 g/mol. The monoisotopic (exact) mass is 366 g/mol. The molecular formula is C21H22N2S2. The highest BCUT2D eigenvalue weighted by Crippen LogP contribution is 2.43. The number of thiophene rings is 2. The van der Waals surface area contributed by atoms with Gasteiger partial charge in [-0.25, -0.2) is 9.97 Å². The molecule has 0 bridgehead atoms. The molecule has 3 heterocycles. The summed E-state index contributed by atoms with van der Waals surface area (Å²) in [4.78, 5) is 10.7. The molecule has 0 fully saturated rings. The van der Waals surface area contributed by atoms with Crippen molar-refractivity contribution in [3.05, 3.63) is 46.6 Å². The standard InChI is InChI=1S/C21H22N2S2/c1-12-6-13(2)8-14(7-12)17-20-18(23-11-22-17)19-16(25-20)9-15(24-19)10-21(3,4)5/h6-9,11H,10H2,1-5H3. The molecule has 0 atom stereocenters. The first kappa shape index (κ1) is 16.7. The van der Waals surface area contributed by atoms with Crippen LogP contribution in [0.15, 0.2) is 30.6 Å². The van der Waals surface area contributed by atoms with Crippen molar-refractivity contribution >= 4 is 42.3 Å². The van der Waals surface area contributed by atoms with E-state index in [1.54, 1.807) is 6.33 Å². The molecule has 0 spiro atoms. The van der Waals surface area contributed by atoms with Gasteiger partial charge in [-0.3, -0.25) is 0 Å². The van der Waals surface area contributed by atoms with Crippen molar-refractivity contribution in [2.75, 3.05) is 0 Å². The minimum Gasteiger partial charge on any atom is -0.235 e. The summed E-state index contributed by atoms with van der Waals surface area (Å²) in [6.07, 6.45) is 2.82. The summed E-state index contributed by atoms with van der Waals surface area (Å²) < 4.78 is 3.86. The van der Waals surface area contributed by atoms with Gasteiger partial charge in [-0.15, -0.1) is 22.7 Å². The van der Waals surface area contributed by atoms with E-state index in [1.165, 1.54) is 35.7 Å². The minimum atomic E-state index is 0.308. The van der Waals surface area contributed by atoms with E-state index in [0.717, 1.165) is 17.6 Å². The van der Waals surface area contributed by atoms with Gasteiger partial charge in [0.05, 0.1) is 15.1 Å². The van der Waals surface area contributed by atoms with Gasteiger partial charge in [0.2, 0.25) is 0 Å². The Bertz CT molecular complexity index is 1060. The molecule has 4 rings (SSSR count). The molecule has 0 N–H and O–H groups in total. The van der Waals surface area contributed by atoms with E-state index in [-0.39, 0.29) is 0 Å². The first-order valence-corrected chi connectivity index (χ1v) is 10.2. The Morgan fingerprint density at radius 2 is 1.60 bits per heavy atom. The van der Waals surface area contributed by atoms with Gasteiger partial charge >= 0.3 is 0 Å². The molecule has 25 heavy (non-hydrogen) atoms. The third kappa shape index (κ3) is 3.21. The van der Waals surface area contributed by atoms with Crippen molar-refractivity contribution in [1.29, 1.82) is 0 Å².